The number of nitrogens with one attached hydrogen (secondary N) is 1. The number of aromatic nitrogens is 1. The van der Waals surface area contributed by atoms with E-state index in [2.05, 4.69) is 10.3 Å². The molecule has 0 radical (unpaired) electrons. The first-order chi connectivity index (χ1) is 11.6. The summed E-state index contributed by atoms with van der Waals surface area (Å²) in [4.78, 5) is 16.5. The van der Waals surface area contributed by atoms with Crippen molar-refractivity contribution in [3.63, 3.8) is 0 Å². The second kappa shape index (κ2) is 7.53. The standard InChI is InChI=1S/C18H20N2O4/c21-15-8-9-24-16(17(15)22)11-20-18(23)13-6-7-14(19-10-13)12-4-2-1-3-5-12/h1-7,10,15-17,21-22H,8-9,11H2,(H,20,23)/t15-,16-,17-/m1/s1. The van der Waals surface area contributed by atoms with Crippen molar-refractivity contribution in [3.8, 4) is 11.3 Å². The molecule has 126 valence electrons. The highest BCUT2D eigenvalue weighted by Crippen LogP contribution is 2.17. The third-order valence-corrected chi connectivity index (χ3v) is 4.08. The Balaban J connectivity index is 1.59. The molecule has 1 aliphatic rings. The first-order valence-electron chi connectivity index (χ1n) is 7.92. The fourth-order valence-electron chi connectivity index (χ4n) is 2.64. The number of benzene rings is 1. The lowest BCUT2D eigenvalue weighted by Gasteiger charge is -2.32. The maximum absolute atomic E-state index is 12.2. The van der Waals surface area contributed by atoms with Crippen molar-refractivity contribution in [1.29, 1.82) is 0 Å². The van der Waals surface area contributed by atoms with Gasteiger partial charge in [-0.15, -0.1) is 0 Å². The fraction of sp³-hybridized carbons (Fsp3) is 0.333. The molecule has 0 spiro atoms. The van der Waals surface area contributed by atoms with E-state index in [-0.39, 0.29) is 12.5 Å². The number of nitrogens with zero attached hydrogens (tertiary/aromatic N) is 1. The van der Waals surface area contributed by atoms with Crippen molar-refractivity contribution < 1.29 is 19.7 Å². The Labute approximate surface area is 140 Å². The molecule has 0 saturated carbocycles. The summed E-state index contributed by atoms with van der Waals surface area (Å²) in [6.07, 6.45) is -0.486. The van der Waals surface area contributed by atoms with Gasteiger partial charge in [-0.1, -0.05) is 30.3 Å². The summed E-state index contributed by atoms with van der Waals surface area (Å²) in [5.41, 5.74) is 2.21. The van der Waals surface area contributed by atoms with Crippen LogP contribution in [-0.2, 0) is 4.74 Å². The van der Waals surface area contributed by atoms with Gasteiger partial charge in [0.25, 0.3) is 5.91 Å². The van der Waals surface area contributed by atoms with E-state index in [0.717, 1.165) is 11.3 Å². The molecule has 24 heavy (non-hydrogen) atoms. The molecule has 0 bridgehead atoms. The Morgan fingerprint density at radius 1 is 1.21 bits per heavy atom. The molecular weight excluding hydrogens is 308 g/mol. The molecule has 1 fully saturated rings. The van der Waals surface area contributed by atoms with Gasteiger partial charge >= 0.3 is 0 Å². The normalized spacial score (nSPS) is 23.7. The SMILES string of the molecule is O=C(NC[C@H]1OCC[C@@H](O)[C@H]1O)c1ccc(-c2ccccc2)nc1. The van der Waals surface area contributed by atoms with Gasteiger partial charge in [-0.2, -0.15) is 0 Å². The number of carbonyl (C=O) groups is 1. The average molecular weight is 328 g/mol. The van der Waals surface area contributed by atoms with Gasteiger partial charge in [0.05, 0.1) is 17.4 Å². The molecule has 0 unspecified atom stereocenters. The van der Waals surface area contributed by atoms with Gasteiger partial charge in [0.2, 0.25) is 0 Å². The Hall–Kier alpha value is -2.28. The Morgan fingerprint density at radius 3 is 2.71 bits per heavy atom. The smallest absolute Gasteiger partial charge is 0.252 e. The van der Waals surface area contributed by atoms with Crippen molar-refractivity contribution in [2.45, 2.75) is 24.7 Å². The molecule has 6 nitrogen and oxygen atoms in total. The number of hydrogen-bond acceptors (Lipinski definition) is 5. The second-order valence-corrected chi connectivity index (χ2v) is 5.76. The van der Waals surface area contributed by atoms with E-state index in [0.29, 0.717) is 18.6 Å². The molecule has 1 amide bonds. The van der Waals surface area contributed by atoms with Crippen LogP contribution in [0.4, 0.5) is 0 Å². The van der Waals surface area contributed by atoms with Crippen molar-refractivity contribution in [2.75, 3.05) is 13.2 Å². The summed E-state index contributed by atoms with van der Waals surface area (Å²) < 4.78 is 5.38. The lowest BCUT2D eigenvalue weighted by Crippen LogP contribution is -2.49. The molecule has 3 rings (SSSR count). The summed E-state index contributed by atoms with van der Waals surface area (Å²) in [5, 5.41) is 22.2. The summed E-state index contributed by atoms with van der Waals surface area (Å²) >= 11 is 0. The van der Waals surface area contributed by atoms with E-state index in [1.165, 1.54) is 6.20 Å². The van der Waals surface area contributed by atoms with Gasteiger partial charge in [0.15, 0.2) is 0 Å². The van der Waals surface area contributed by atoms with Gasteiger partial charge in [-0.05, 0) is 18.6 Å². The average Bonchev–Trinajstić information content (AvgIpc) is 2.63. The van der Waals surface area contributed by atoms with E-state index >= 15 is 0 Å². The molecule has 1 saturated heterocycles. The first-order valence-corrected chi connectivity index (χ1v) is 7.92. The fourth-order valence-corrected chi connectivity index (χ4v) is 2.64. The molecule has 1 aromatic heterocycles. The van der Waals surface area contributed by atoms with Gasteiger partial charge in [-0.25, -0.2) is 0 Å². The minimum atomic E-state index is -0.988. The summed E-state index contributed by atoms with van der Waals surface area (Å²) in [5.74, 6) is -0.294. The van der Waals surface area contributed by atoms with E-state index < -0.39 is 18.3 Å². The Kier molecular flexibility index (Phi) is 5.20. The van der Waals surface area contributed by atoms with Crippen LogP contribution < -0.4 is 5.32 Å². The number of ether oxygens (including phenoxy) is 1. The molecule has 3 N–H and O–H groups in total. The van der Waals surface area contributed by atoms with Crippen LogP contribution >= 0.6 is 0 Å². The Morgan fingerprint density at radius 2 is 2.00 bits per heavy atom. The van der Waals surface area contributed by atoms with E-state index in [1.807, 2.05) is 30.3 Å². The molecular formula is C18H20N2O4. The highest BCUT2D eigenvalue weighted by Gasteiger charge is 2.31. The first kappa shape index (κ1) is 16.6. The van der Waals surface area contributed by atoms with Crippen LogP contribution in [0.3, 0.4) is 0 Å². The number of pyridine rings is 1. The minimum Gasteiger partial charge on any atom is -0.390 e. The third-order valence-electron chi connectivity index (χ3n) is 4.08. The predicted molar refractivity (Wildman–Crippen MR) is 88.4 cm³/mol. The number of carbonyl (C=O) groups excluding carboxylic acids is 1. The molecule has 6 heteroatoms. The second-order valence-electron chi connectivity index (χ2n) is 5.76. The minimum absolute atomic E-state index is 0.136. The lowest BCUT2D eigenvalue weighted by molar-refractivity contribution is -0.132. The molecule has 2 aromatic rings. The number of aliphatic hydroxyl groups is 2. The van der Waals surface area contributed by atoms with Crippen LogP contribution in [0.1, 0.15) is 16.8 Å². The van der Waals surface area contributed by atoms with Crippen molar-refractivity contribution in [3.05, 3.63) is 54.2 Å². The zero-order valence-corrected chi connectivity index (χ0v) is 13.1. The van der Waals surface area contributed by atoms with E-state index in [9.17, 15) is 15.0 Å². The summed E-state index contributed by atoms with van der Waals surface area (Å²) in [6, 6.07) is 13.2. The Bertz CT molecular complexity index is 675. The molecule has 1 aromatic carbocycles. The van der Waals surface area contributed by atoms with Crippen LogP contribution in [-0.4, -0.2) is 52.6 Å². The van der Waals surface area contributed by atoms with Crippen LogP contribution in [0.25, 0.3) is 11.3 Å². The van der Waals surface area contributed by atoms with Crippen LogP contribution in [0, 0.1) is 0 Å². The van der Waals surface area contributed by atoms with Gasteiger partial charge in [0, 0.05) is 24.9 Å². The highest BCUT2D eigenvalue weighted by molar-refractivity contribution is 5.94. The summed E-state index contributed by atoms with van der Waals surface area (Å²) in [7, 11) is 0. The van der Waals surface area contributed by atoms with Crippen LogP contribution in [0.2, 0.25) is 0 Å². The topological polar surface area (TPSA) is 91.7 Å². The zero-order chi connectivity index (χ0) is 16.9. The van der Waals surface area contributed by atoms with Crippen molar-refractivity contribution in [2.24, 2.45) is 0 Å². The number of aliphatic hydroxyl groups excluding tert-OH is 2. The van der Waals surface area contributed by atoms with Gasteiger partial charge in [0.1, 0.15) is 12.2 Å². The lowest BCUT2D eigenvalue weighted by atomic mass is 10.0. The van der Waals surface area contributed by atoms with Crippen molar-refractivity contribution >= 4 is 5.91 Å². The molecule has 0 aliphatic carbocycles. The van der Waals surface area contributed by atoms with Crippen LogP contribution in [0.5, 0.6) is 0 Å². The maximum Gasteiger partial charge on any atom is 0.252 e. The van der Waals surface area contributed by atoms with Crippen LogP contribution in [0.15, 0.2) is 48.7 Å². The number of hydrogen-bond donors (Lipinski definition) is 3. The highest BCUT2D eigenvalue weighted by atomic mass is 16.5. The zero-order valence-electron chi connectivity index (χ0n) is 13.1. The third kappa shape index (κ3) is 3.79. The largest absolute Gasteiger partial charge is 0.390 e. The molecule has 3 atom stereocenters. The van der Waals surface area contributed by atoms with Gasteiger partial charge in [-0.3, -0.25) is 9.78 Å². The number of amides is 1. The summed E-state index contributed by atoms with van der Waals surface area (Å²) in [6.45, 7) is 0.504. The van der Waals surface area contributed by atoms with E-state index in [1.54, 1.807) is 12.1 Å². The predicted octanol–water partition coefficient (Wildman–Crippen LogP) is 0.989. The monoisotopic (exact) mass is 328 g/mol. The maximum atomic E-state index is 12.2. The molecule has 1 aliphatic heterocycles. The van der Waals surface area contributed by atoms with Crippen molar-refractivity contribution in [1.82, 2.24) is 10.3 Å². The molecule has 2 heterocycles. The number of rotatable bonds is 4. The quantitative estimate of drug-likeness (QED) is 0.778. The van der Waals surface area contributed by atoms with Gasteiger partial charge < -0.3 is 20.3 Å². The van der Waals surface area contributed by atoms with E-state index in [4.69, 9.17) is 4.74 Å².